The van der Waals surface area contributed by atoms with E-state index in [1.165, 1.54) is 142 Å². The van der Waals surface area contributed by atoms with Crippen LogP contribution in [0.15, 0.2) is 0 Å². The number of likely N-dealkylation sites (tertiary alicyclic amines) is 1. The first-order valence-electron chi connectivity index (χ1n) is 18.9. The lowest BCUT2D eigenvalue weighted by molar-refractivity contribution is 0.0878. The monoisotopic (exact) mass is 611 g/mol. The third-order valence-corrected chi connectivity index (χ3v) is 14.5. The van der Waals surface area contributed by atoms with E-state index in [0.717, 1.165) is 38.8 Å². The van der Waals surface area contributed by atoms with E-state index >= 15 is 0 Å². The van der Waals surface area contributed by atoms with Gasteiger partial charge in [-0.15, -0.1) is 0 Å². The summed E-state index contributed by atoms with van der Waals surface area (Å²) in [5, 5.41) is 4.03. The van der Waals surface area contributed by atoms with Crippen molar-refractivity contribution in [2.24, 2.45) is 5.92 Å². The van der Waals surface area contributed by atoms with Gasteiger partial charge in [0.2, 0.25) is 0 Å². The van der Waals surface area contributed by atoms with Crippen molar-refractivity contribution in [1.82, 2.24) is 10.2 Å². The fraction of sp³-hybridized carbons (Fsp3) is 1.00. The largest absolute Gasteiger partial charge is 0.411 e. The number of nitrogens with zero attached hydrogens (tertiary/aromatic N) is 1. The Hall–Kier alpha value is 0.0569. The minimum Gasteiger partial charge on any atom is -0.411 e. The minimum atomic E-state index is -1.75. The minimum absolute atomic E-state index is 0.265. The summed E-state index contributed by atoms with van der Waals surface area (Å²) in [6.45, 7) is 24.1. The topological polar surface area (TPSA) is 33.7 Å². The quantitative estimate of drug-likeness (QED) is 0.0675. The summed E-state index contributed by atoms with van der Waals surface area (Å²) < 4.78 is 13.1. The second-order valence-electron chi connectivity index (χ2n) is 15.2. The van der Waals surface area contributed by atoms with Gasteiger partial charge in [-0.3, -0.25) is 0 Å². The fourth-order valence-corrected chi connectivity index (χ4v) is 7.39. The number of hydrogen-bond acceptors (Lipinski definition) is 4. The Labute approximate surface area is 266 Å². The Morgan fingerprint density at radius 3 is 1.81 bits per heavy atom. The van der Waals surface area contributed by atoms with Crippen LogP contribution in [0, 0.1) is 5.92 Å². The zero-order valence-electron chi connectivity index (χ0n) is 30.0. The summed E-state index contributed by atoms with van der Waals surface area (Å²) in [6.07, 6.45) is 27.7. The number of rotatable bonds is 29. The van der Waals surface area contributed by atoms with E-state index in [9.17, 15) is 0 Å². The van der Waals surface area contributed by atoms with Gasteiger partial charge in [-0.1, -0.05) is 125 Å². The molecule has 1 heterocycles. The zero-order valence-corrected chi connectivity index (χ0v) is 31.0. The maximum absolute atomic E-state index is 6.87. The van der Waals surface area contributed by atoms with Crippen LogP contribution < -0.4 is 5.32 Å². The summed E-state index contributed by atoms with van der Waals surface area (Å²) in [5.74, 6) is 0.786. The SMILES string of the molecule is CCCCCCCCCC(CCCCCCC)COCCCCCCNCC(CN1CCCC1)O[Si](C)(C)C(C)(C)C. The summed E-state index contributed by atoms with van der Waals surface area (Å²) >= 11 is 0. The summed E-state index contributed by atoms with van der Waals surface area (Å²) in [6, 6.07) is 0. The second kappa shape index (κ2) is 25.3. The van der Waals surface area contributed by atoms with Crippen molar-refractivity contribution in [3.8, 4) is 0 Å². The fourth-order valence-electron chi connectivity index (χ4n) is 6.05. The predicted octanol–water partition coefficient (Wildman–Crippen LogP) is 10.8. The van der Waals surface area contributed by atoms with Gasteiger partial charge in [0.15, 0.2) is 8.32 Å². The van der Waals surface area contributed by atoms with Gasteiger partial charge in [0.25, 0.3) is 0 Å². The van der Waals surface area contributed by atoms with E-state index in [1.54, 1.807) is 0 Å². The smallest absolute Gasteiger partial charge is 0.192 e. The molecule has 0 bridgehead atoms. The molecular weight excluding hydrogens is 533 g/mol. The molecule has 1 saturated heterocycles. The van der Waals surface area contributed by atoms with Crippen molar-refractivity contribution in [1.29, 1.82) is 0 Å². The molecule has 252 valence electrons. The maximum Gasteiger partial charge on any atom is 0.192 e. The lowest BCUT2D eigenvalue weighted by Crippen LogP contribution is -2.49. The van der Waals surface area contributed by atoms with Crippen molar-refractivity contribution < 1.29 is 9.16 Å². The average molecular weight is 611 g/mol. The van der Waals surface area contributed by atoms with Gasteiger partial charge in [-0.2, -0.15) is 0 Å². The molecule has 4 nitrogen and oxygen atoms in total. The highest BCUT2D eigenvalue weighted by Gasteiger charge is 2.39. The van der Waals surface area contributed by atoms with E-state index in [0.29, 0.717) is 6.10 Å². The normalized spacial score (nSPS) is 16.4. The van der Waals surface area contributed by atoms with Gasteiger partial charge in [0, 0.05) is 26.3 Å². The predicted molar refractivity (Wildman–Crippen MR) is 189 cm³/mol. The molecule has 1 aliphatic rings. The van der Waals surface area contributed by atoms with E-state index in [1.807, 2.05) is 0 Å². The van der Waals surface area contributed by atoms with Gasteiger partial charge in [0.05, 0.1) is 6.10 Å². The highest BCUT2D eigenvalue weighted by atomic mass is 28.4. The standard InChI is InChI=1S/C37H78N2O2Si/c1-8-10-12-14-15-17-21-27-35(26-20-16-13-11-9-2)34-40-31-25-19-18-22-28-38-32-36(33-39-29-23-24-30-39)41-42(6,7)37(3,4)5/h35-36,38H,8-34H2,1-7H3. The molecule has 2 unspecified atom stereocenters. The van der Waals surface area contributed by atoms with Gasteiger partial charge in [-0.05, 0) is 82.2 Å². The highest BCUT2D eigenvalue weighted by Crippen LogP contribution is 2.37. The van der Waals surface area contributed by atoms with Crippen LogP contribution in [0.25, 0.3) is 0 Å². The Kier molecular flexibility index (Phi) is 24.1. The van der Waals surface area contributed by atoms with Gasteiger partial charge in [0.1, 0.15) is 0 Å². The molecule has 5 heteroatoms. The zero-order chi connectivity index (χ0) is 30.9. The molecule has 0 spiro atoms. The molecule has 2 atom stereocenters. The first-order valence-corrected chi connectivity index (χ1v) is 21.8. The van der Waals surface area contributed by atoms with Crippen LogP contribution in [0.1, 0.15) is 163 Å². The van der Waals surface area contributed by atoms with Crippen molar-refractivity contribution in [2.75, 3.05) is 45.9 Å². The molecule has 1 N–H and O–H groups in total. The number of unbranched alkanes of at least 4 members (excludes halogenated alkanes) is 13. The number of hydrogen-bond donors (Lipinski definition) is 1. The molecule has 0 aromatic heterocycles. The van der Waals surface area contributed by atoms with Crippen molar-refractivity contribution >= 4 is 8.32 Å². The third-order valence-electron chi connectivity index (χ3n) is 9.98. The lowest BCUT2D eigenvalue weighted by atomic mass is 9.95. The molecule has 1 aliphatic heterocycles. The van der Waals surface area contributed by atoms with Crippen molar-refractivity contribution in [3.63, 3.8) is 0 Å². The molecule has 0 aromatic rings. The average Bonchev–Trinajstić information content (AvgIpc) is 3.45. The van der Waals surface area contributed by atoms with Crippen LogP contribution in [-0.4, -0.2) is 65.3 Å². The van der Waals surface area contributed by atoms with Crippen LogP contribution in [0.4, 0.5) is 0 Å². The third kappa shape index (κ3) is 20.9. The summed E-state index contributed by atoms with van der Waals surface area (Å²) in [7, 11) is -1.75. The molecule has 0 amide bonds. The van der Waals surface area contributed by atoms with Crippen LogP contribution in [-0.2, 0) is 9.16 Å². The Bertz CT molecular complexity index is 589. The Morgan fingerprint density at radius 2 is 1.24 bits per heavy atom. The van der Waals surface area contributed by atoms with Crippen molar-refractivity contribution in [2.45, 2.75) is 187 Å². The summed E-state index contributed by atoms with van der Waals surface area (Å²) in [4.78, 5) is 2.62. The highest BCUT2D eigenvalue weighted by molar-refractivity contribution is 6.74. The molecular formula is C37H78N2O2Si. The molecule has 0 saturated carbocycles. The van der Waals surface area contributed by atoms with Crippen LogP contribution in [0.5, 0.6) is 0 Å². The van der Waals surface area contributed by atoms with E-state index in [-0.39, 0.29) is 5.04 Å². The van der Waals surface area contributed by atoms with Gasteiger partial charge < -0.3 is 19.4 Å². The van der Waals surface area contributed by atoms with Gasteiger partial charge in [-0.25, -0.2) is 0 Å². The first kappa shape index (κ1) is 40.1. The lowest BCUT2D eigenvalue weighted by Gasteiger charge is -2.40. The van der Waals surface area contributed by atoms with E-state index in [2.05, 4.69) is 57.9 Å². The van der Waals surface area contributed by atoms with Gasteiger partial charge >= 0.3 is 0 Å². The van der Waals surface area contributed by atoms with E-state index in [4.69, 9.17) is 9.16 Å². The molecule has 0 aliphatic carbocycles. The molecule has 0 radical (unpaired) electrons. The van der Waals surface area contributed by atoms with Crippen LogP contribution in [0.3, 0.4) is 0 Å². The Morgan fingerprint density at radius 1 is 0.714 bits per heavy atom. The van der Waals surface area contributed by atoms with E-state index < -0.39 is 8.32 Å². The molecule has 1 rings (SSSR count). The summed E-state index contributed by atoms with van der Waals surface area (Å²) in [5.41, 5.74) is 0. The van der Waals surface area contributed by atoms with Crippen LogP contribution in [0.2, 0.25) is 18.1 Å². The molecule has 0 aromatic carbocycles. The molecule has 1 fully saturated rings. The Balaban J connectivity index is 2.20. The molecule has 42 heavy (non-hydrogen) atoms. The maximum atomic E-state index is 6.87. The number of nitrogens with one attached hydrogen (secondary N) is 1. The van der Waals surface area contributed by atoms with Crippen molar-refractivity contribution in [3.05, 3.63) is 0 Å². The van der Waals surface area contributed by atoms with Crippen LogP contribution >= 0.6 is 0 Å². The second-order valence-corrected chi connectivity index (χ2v) is 19.9. The first-order chi connectivity index (χ1) is 20.2. The number of ether oxygens (including phenoxy) is 1.